The molecule has 1 aliphatic heterocycles. The van der Waals surface area contributed by atoms with Gasteiger partial charge in [-0.15, -0.1) is 0 Å². The monoisotopic (exact) mass is 271 g/mol. The van der Waals surface area contributed by atoms with Gasteiger partial charge in [0, 0.05) is 17.7 Å². The van der Waals surface area contributed by atoms with Crippen LogP contribution in [0.15, 0.2) is 24.3 Å². The normalized spacial score (nSPS) is 17.4. The molecule has 2 amide bonds. The van der Waals surface area contributed by atoms with Crippen LogP contribution in [0, 0.1) is 11.8 Å². The first-order valence-corrected chi connectivity index (χ1v) is 6.53. The molecule has 0 radical (unpaired) electrons. The van der Waals surface area contributed by atoms with Crippen LogP contribution in [0.4, 0.5) is 0 Å². The van der Waals surface area contributed by atoms with Gasteiger partial charge in [-0.1, -0.05) is 11.8 Å². The summed E-state index contributed by atoms with van der Waals surface area (Å²) in [5, 5.41) is 0. The number of hydrogen-bond acceptors (Lipinski definition) is 3. The molecule has 0 aromatic heterocycles. The maximum absolute atomic E-state index is 12.3. The smallest absolute Gasteiger partial charge is 0.254 e. The number of rotatable bonds is 2. The maximum atomic E-state index is 12.3. The molecule has 1 aromatic rings. The number of benzene rings is 1. The molecule has 1 atom stereocenters. The molecule has 1 aliphatic rings. The van der Waals surface area contributed by atoms with Crippen LogP contribution in [0.2, 0.25) is 0 Å². The molecule has 20 heavy (non-hydrogen) atoms. The number of hydrogen-bond donors (Lipinski definition) is 2. The first-order chi connectivity index (χ1) is 9.63. The van der Waals surface area contributed by atoms with Gasteiger partial charge in [0.1, 0.15) is 6.04 Å². The van der Waals surface area contributed by atoms with Crippen molar-refractivity contribution >= 4 is 11.8 Å². The second-order valence-electron chi connectivity index (χ2n) is 4.64. The minimum atomic E-state index is -0.487. The molecule has 4 N–H and O–H groups in total. The summed E-state index contributed by atoms with van der Waals surface area (Å²) in [4.78, 5) is 25.2. The molecule has 5 nitrogen and oxygen atoms in total. The van der Waals surface area contributed by atoms with Crippen molar-refractivity contribution in [3.8, 4) is 11.8 Å². The second kappa shape index (κ2) is 6.22. The third kappa shape index (κ3) is 2.98. The van der Waals surface area contributed by atoms with Gasteiger partial charge in [-0.05, 0) is 37.1 Å². The van der Waals surface area contributed by atoms with Crippen molar-refractivity contribution in [1.29, 1.82) is 0 Å². The van der Waals surface area contributed by atoms with Crippen LogP contribution in [0.1, 0.15) is 28.8 Å². The van der Waals surface area contributed by atoms with E-state index in [1.807, 2.05) is 0 Å². The maximum Gasteiger partial charge on any atom is 0.254 e. The number of likely N-dealkylation sites (tertiary alicyclic amines) is 1. The van der Waals surface area contributed by atoms with Crippen molar-refractivity contribution in [3.05, 3.63) is 35.4 Å². The van der Waals surface area contributed by atoms with E-state index in [1.165, 1.54) is 0 Å². The number of nitrogens with two attached hydrogens (primary N) is 2. The van der Waals surface area contributed by atoms with Crippen LogP contribution >= 0.6 is 0 Å². The van der Waals surface area contributed by atoms with E-state index in [9.17, 15) is 9.59 Å². The van der Waals surface area contributed by atoms with Crippen LogP contribution in [-0.4, -0.2) is 35.8 Å². The fourth-order valence-corrected chi connectivity index (χ4v) is 2.32. The Morgan fingerprint density at radius 1 is 1.30 bits per heavy atom. The van der Waals surface area contributed by atoms with E-state index >= 15 is 0 Å². The number of nitrogens with zero attached hydrogens (tertiary/aromatic N) is 1. The van der Waals surface area contributed by atoms with Crippen LogP contribution in [0.3, 0.4) is 0 Å². The lowest BCUT2D eigenvalue weighted by atomic mass is 10.1. The van der Waals surface area contributed by atoms with E-state index < -0.39 is 11.9 Å². The molecule has 0 aliphatic carbocycles. The first-order valence-electron chi connectivity index (χ1n) is 6.53. The fraction of sp³-hybridized carbons (Fsp3) is 0.333. The Kier molecular flexibility index (Phi) is 4.38. The molecule has 1 aromatic carbocycles. The Labute approximate surface area is 117 Å². The third-order valence-electron chi connectivity index (χ3n) is 3.31. The molecule has 0 spiro atoms. The zero-order valence-electron chi connectivity index (χ0n) is 11.1. The second-order valence-corrected chi connectivity index (χ2v) is 4.64. The van der Waals surface area contributed by atoms with Crippen molar-refractivity contribution in [2.75, 3.05) is 13.1 Å². The van der Waals surface area contributed by atoms with Gasteiger partial charge in [0.05, 0.1) is 6.54 Å². The van der Waals surface area contributed by atoms with E-state index in [1.54, 1.807) is 29.2 Å². The van der Waals surface area contributed by atoms with E-state index in [4.69, 9.17) is 11.5 Å². The van der Waals surface area contributed by atoms with Crippen molar-refractivity contribution in [2.45, 2.75) is 18.9 Å². The Morgan fingerprint density at radius 2 is 2.00 bits per heavy atom. The summed E-state index contributed by atoms with van der Waals surface area (Å²) >= 11 is 0. The summed E-state index contributed by atoms with van der Waals surface area (Å²) in [7, 11) is 0. The summed E-state index contributed by atoms with van der Waals surface area (Å²) in [6.07, 6.45) is 1.44. The van der Waals surface area contributed by atoms with Crippen molar-refractivity contribution < 1.29 is 9.59 Å². The van der Waals surface area contributed by atoms with E-state index in [-0.39, 0.29) is 5.91 Å². The lowest BCUT2D eigenvalue weighted by Crippen LogP contribution is -2.43. The molecule has 1 unspecified atom stereocenters. The molecule has 0 saturated carbocycles. The molecule has 0 bridgehead atoms. The lowest BCUT2D eigenvalue weighted by Gasteiger charge is -2.22. The molecule has 5 heteroatoms. The van der Waals surface area contributed by atoms with Gasteiger partial charge >= 0.3 is 0 Å². The van der Waals surface area contributed by atoms with E-state index in [0.717, 1.165) is 12.0 Å². The number of carbonyl (C=O) groups excluding carboxylic acids is 2. The summed E-state index contributed by atoms with van der Waals surface area (Å²) in [5.74, 6) is 5.04. The van der Waals surface area contributed by atoms with Crippen LogP contribution < -0.4 is 11.5 Å². The predicted molar refractivity (Wildman–Crippen MR) is 75.6 cm³/mol. The predicted octanol–water partition coefficient (Wildman–Crippen LogP) is 0.0867. The molecule has 1 heterocycles. The Hall–Kier alpha value is -2.32. The van der Waals surface area contributed by atoms with Crippen LogP contribution in [0.25, 0.3) is 0 Å². The summed E-state index contributed by atoms with van der Waals surface area (Å²) in [5.41, 5.74) is 12.0. The highest BCUT2D eigenvalue weighted by atomic mass is 16.2. The van der Waals surface area contributed by atoms with E-state index in [0.29, 0.717) is 25.1 Å². The van der Waals surface area contributed by atoms with Gasteiger partial charge in [0.2, 0.25) is 5.91 Å². The number of primary amides is 1. The van der Waals surface area contributed by atoms with Gasteiger partial charge in [0.15, 0.2) is 0 Å². The van der Waals surface area contributed by atoms with Crippen LogP contribution in [0.5, 0.6) is 0 Å². The molecule has 2 rings (SSSR count). The fourth-order valence-electron chi connectivity index (χ4n) is 2.32. The Balaban J connectivity index is 2.15. The lowest BCUT2D eigenvalue weighted by molar-refractivity contribution is -0.121. The molecule has 1 fully saturated rings. The largest absolute Gasteiger partial charge is 0.368 e. The molecular formula is C15H17N3O2. The van der Waals surface area contributed by atoms with Gasteiger partial charge in [-0.3, -0.25) is 9.59 Å². The first kappa shape index (κ1) is 14.1. The standard InChI is InChI=1S/C15H17N3O2/c16-9-1-3-11-5-7-12(8-6-11)15(20)18-10-2-4-13(18)14(17)19/h5-8,13H,2,4,9-10,16H2,(H2,17,19). The third-order valence-corrected chi connectivity index (χ3v) is 3.31. The van der Waals surface area contributed by atoms with Crippen LogP contribution in [-0.2, 0) is 4.79 Å². The summed E-state index contributed by atoms with van der Waals surface area (Å²) in [6.45, 7) is 0.871. The average molecular weight is 271 g/mol. The molecular weight excluding hydrogens is 254 g/mol. The van der Waals surface area contributed by atoms with Gasteiger partial charge in [-0.25, -0.2) is 0 Å². The zero-order chi connectivity index (χ0) is 14.5. The molecule has 1 saturated heterocycles. The van der Waals surface area contributed by atoms with Crippen molar-refractivity contribution in [1.82, 2.24) is 4.90 Å². The number of carbonyl (C=O) groups is 2. The highest BCUT2D eigenvalue weighted by Crippen LogP contribution is 2.20. The SMILES string of the molecule is NCC#Cc1ccc(C(=O)N2CCCC2C(N)=O)cc1. The van der Waals surface area contributed by atoms with Gasteiger partial charge in [-0.2, -0.15) is 0 Å². The topological polar surface area (TPSA) is 89.4 Å². The quantitative estimate of drug-likeness (QED) is 0.747. The van der Waals surface area contributed by atoms with Gasteiger partial charge in [0.25, 0.3) is 5.91 Å². The minimum absolute atomic E-state index is 0.162. The Bertz CT molecular complexity index is 569. The highest BCUT2D eigenvalue weighted by molar-refractivity contribution is 5.97. The molecule has 104 valence electrons. The average Bonchev–Trinajstić information content (AvgIpc) is 2.94. The van der Waals surface area contributed by atoms with E-state index in [2.05, 4.69) is 11.8 Å². The highest BCUT2D eigenvalue weighted by Gasteiger charge is 2.32. The van der Waals surface area contributed by atoms with Crippen molar-refractivity contribution in [2.24, 2.45) is 11.5 Å². The Morgan fingerprint density at radius 3 is 2.60 bits per heavy atom. The zero-order valence-corrected chi connectivity index (χ0v) is 11.1. The number of amides is 2. The summed E-state index contributed by atoms with van der Waals surface area (Å²) < 4.78 is 0. The minimum Gasteiger partial charge on any atom is -0.368 e. The summed E-state index contributed by atoms with van der Waals surface area (Å²) in [6, 6.07) is 6.47. The van der Waals surface area contributed by atoms with Crippen molar-refractivity contribution in [3.63, 3.8) is 0 Å². The van der Waals surface area contributed by atoms with Gasteiger partial charge < -0.3 is 16.4 Å².